The van der Waals surface area contributed by atoms with Gasteiger partial charge in [0.1, 0.15) is 5.54 Å². The molecule has 5 heteroatoms. The summed E-state index contributed by atoms with van der Waals surface area (Å²) < 4.78 is 1.69. The summed E-state index contributed by atoms with van der Waals surface area (Å²) >= 11 is 0. The lowest BCUT2D eigenvalue weighted by Gasteiger charge is -2.36. The van der Waals surface area contributed by atoms with Crippen molar-refractivity contribution in [1.29, 1.82) is 0 Å². The number of nitrogens with zero attached hydrogens (tertiary/aromatic N) is 2. The molecule has 1 saturated heterocycles. The van der Waals surface area contributed by atoms with E-state index in [1.54, 1.807) is 9.47 Å². The van der Waals surface area contributed by atoms with Crippen molar-refractivity contribution in [3.8, 4) is 0 Å². The van der Waals surface area contributed by atoms with Gasteiger partial charge in [0.15, 0.2) is 8.24 Å². The monoisotopic (exact) mass is 346 g/mol. The summed E-state index contributed by atoms with van der Waals surface area (Å²) in [6.07, 6.45) is 0. The Morgan fingerprint density at radius 3 is 1.92 bits per heavy atom. The van der Waals surface area contributed by atoms with Gasteiger partial charge in [0.2, 0.25) is 0 Å². The molecule has 0 aliphatic carbocycles. The minimum absolute atomic E-state index is 0.0334. The second-order valence-electron chi connectivity index (χ2n) is 7.11. The van der Waals surface area contributed by atoms with Crippen molar-refractivity contribution >= 4 is 20.2 Å². The van der Waals surface area contributed by atoms with Crippen LogP contribution in [0.3, 0.4) is 0 Å². The molecule has 132 valence electrons. The highest BCUT2D eigenvalue weighted by Gasteiger charge is 2.60. The first kappa shape index (κ1) is 18.7. The molecule has 1 fully saturated rings. The molecule has 24 heavy (non-hydrogen) atoms. The van der Waals surface area contributed by atoms with Crippen molar-refractivity contribution < 1.29 is 9.59 Å². The molecule has 1 aliphatic rings. The van der Waals surface area contributed by atoms with Gasteiger partial charge in [-0.25, -0.2) is 4.79 Å². The number of benzene rings is 1. The van der Waals surface area contributed by atoms with Crippen LogP contribution in [0.25, 0.3) is 0 Å². The van der Waals surface area contributed by atoms with Gasteiger partial charge in [0, 0.05) is 6.04 Å². The van der Waals surface area contributed by atoms with Crippen molar-refractivity contribution in [1.82, 2.24) is 9.47 Å². The molecule has 1 heterocycles. The lowest BCUT2D eigenvalue weighted by molar-refractivity contribution is -0.131. The molecule has 0 saturated carbocycles. The summed E-state index contributed by atoms with van der Waals surface area (Å²) in [5.41, 5.74) is -0.0182. The number of amides is 3. The highest BCUT2D eigenvalue weighted by Crippen LogP contribution is 2.43. The smallest absolute Gasteiger partial charge is 0.304 e. The molecule has 0 bridgehead atoms. The maximum absolute atomic E-state index is 13.6. The number of urea groups is 1. The lowest BCUT2D eigenvalue weighted by Crippen LogP contribution is -2.56. The van der Waals surface area contributed by atoms with Gasteiger partial charge in [0.05, 0.1) is 0 Å². The Bertz CT molecular complexity index is 605. The van der Waals surface area contributed by atoms with Gasteiger partial charge >= 0.3 is 6.03 Å². The molecule has 0 aromatic heterocycles. The van der Waals surface area contributed by atoms with Crippen molar-refractivity contribution in [2.24, 2.45) is 0 Å². The van der Waals surface area contributed by atoms with E-state index in [4.69, 9.17) is 0 Å². The highest BCUT2D eigenvalue weighted by atomic mass is 28.3. The van der Waals surface area contributed by atoms with Gasteiger partial charge in [-0.2, -0.15) is 0 Å². The third kappa shape index (κ3) is 2.49. The first-order chi connectivity index (χ1) is 11.3. The van der Waals surface area contributed by atoms with Crippen molar-refractivity contribution in [3.63, 3.8) is 0 Å². The zero-order chi connectivity index (χ0) is 18.1. The van der Waals surface area contributed by atoms with E-state index in [0.717, 1.165) is 23.7 Å². The van der Waals surface area contributed by atoms with E-state index in [-0.39, 0.29) is 18.0 Å². The lowest BCUT2D eigenvalue weighted by atomic mass is 9.90. The van der Waals surface area contributed by atoms with Crippen LogP contribution in [0.1, 0.15) is 47.1 Å². The van der Waals surface area contributed by atoms with Crippen molar-refractivity contribution in [2.75, 3.05) is 0 Å². The summed E-state index contributed by atoms with van der Waals surface area (Å²) in [5, 5.41) is 0. The molecule has 4 nitrogen and oxygen atoms in total. The van der Waals surface area contributed by atoms with Crippen LogP contribution in [0.2, 0.25) is 18.1 Å². The Labute approximate surface area is 146 Å². The Morgan fingerprint density at radius 1 is 1.00 bits per heavy atom. The van der Waals surface area contributed by atoms with E-state index in [1.807, 2.05) is 51.1 Å². The predicted molar refractivity (Wildman–Crippen MR) is 100 cm³/mol. The highest BCUT2D eigenvalue weighted by molar-refractivity contribution is 6.81. The van der Waals surface area contributed by atoms with Gasteiger partial charge in [-0.1, -0.05) is 51.1 Å². The minimum atomic E-state index is -2.13. The van der Waals surface area contributed by atoms with Crippen LogP contribution in [-0.2, 0) is 10.3 Å². The predicted octanol–water partition coefficient (Wildman–Crippen LogP) is 4.58. The van der Waals surface area contributed by atoms with Crippen LogP contribution >= 0.6 is 0 Å². The van der Waals surface area contributed by atoms with E-state index >= 15 is 0 Å². The molecule has 3 amide bonds. The van der Waals surface area contributed by atoms with Crippen LogP contribution < -0.4 is 0 Å². The Hall–Kier alpha value is -1.62. The summed E-state index contributed by atoms with van der Waals surface area (Å²) in [6, 6.07) is 12.3. The molecule has 1 aliphatic heterocycles. The molecule has 0 radical (unpaired) electrons. The van der Waals surface area contributed by atoms with Gasteiger partial charge < -0.3 is 4.90 Å². The van der Waals surface area contributed by atoms with Crippen LogP contribution in [0.5, 0.6) is 0 Å². The summed E-state index contributed by atoms with van der Waals surface area (Å²) in [4.78, 5) is 28.7. The Kier molecular flexibility index (Phi) is 5.23. The summed E-state index contributed by atoms with van der Waals surface area (Å²) in [6.45, 7) is 12.3. The molecular weight excluding hydrogens is 316 g/mol. The molecular formula is C19H30N2O2Si. The second-order valence-corrected chi connectivity index (χ2v) is 12.1. The Morgan fingerprint density at radius 2 is 1.50 bits per heavy atom. The number of carbonyl (C=O) groups excluding carboxylic acids is 2. The molecule has 0 N–H and O–H groups in total. The molecule has 1 atom stereocenters. The minimum Gasteiger partial charge on any atom is -0.304 e. The van der Waals surface area contributed by atoms with Crippen molar-refractivity contribution in [2.45, 2.75) is 71.3 Å². The van der Waals surface area contributed by atoms with Gasteiger partial charge in [-0.15, -0.1) is 0 Å². The number of imide groups is 1. The van der Waals surface area contributed by atoms with E-state index in [2.05, 4.69) is 20.8 Å². The number of rotatable bonds is 6. The summed E-state index contributed by atoms with van der Waals surface area (Å²) in [7, 11) is -2.13. The molecule has 1 aromatic rings. The average molecular weight is 347 g/mol. The first-order valence-corrected chi connectivity index (χ1v) is 11.6. The number of hydrogen-bond donors (Lipinski definition) is 0. The van der Waals surface area contributed by atoms with E-state index in [9.17, 15) is 9.59 Å². The van der Waals surface area contributed by atoms with Crippen LogP contribution in [-0.4, -0.2) is 35.7 Å². The van der Waals surface area contributed by atoms with E-state index < -0.39 is 13.8 Å². The molecule has 1 aromatic carbocycles. The van der Waals surface area contributed by atoms with Crippen molar-refractivity contribution in [3.05, 3.63) is 35.9 Å². The fraction of sp³-hybridized carbons (Fsp3) is 0.579. The van der Waals surface area contributed by atoms with Gasteiger partial charge in [-0.3, -0.25) is 9.36 Å². The van der Waals surface area contributed by atoms with E-state index in [1.165, 1.54) is 0 Å². The average Bonchev–Trinajstić information content (AvgIpc) is 2.79. The van der Waals surface area contributed by atoms with E-state index in [0.29, 0.717) is 0 Å². The van der Waals surface area contributed by atoms with Crippen LogP contribution in [0.15, 0.2) is 30.3 Å². The van der Waals surface area contributed by atoms with Gasteiger partial charge in [0.25, 0.3) is 5.91 Å². The zero-order valence-electron chi connectivity index (χ0n) is 15.8. The maximum Gasteiger partial charge on any atom is 0.320 e. The topological polar surface area (TPSA) is 40.6 Å². The fourth-order valence-corrected chi connectivity index (χ4v) is 7.72. The standard InChI is InChI=1S/C19H30N2O2Si/c1-7-24(8-2,9-3)21-17(22)19(6,16-13-11-10-12-14-16)20(15(4)5)18(21)23/h10-15H,7-9H2,1-6H3. The second kappa shape index (κ2) is 6.71. The quantitative estimate of drug-likeness (QED) is 0.559. The maximum atomic E-state index is 13.6. The molecule has 1 unspecified atom stereocenters. The zero-order valence-corrected chi connectivity index (χ0v) is 16.8. The third-order valence-corrected chi connectivity index (χ3v) is 11.1. The van der Waals surface area contributed by atoms with Crippen LogP contribution in [0.4, 0.5) is 4.79 Å². The fourth-order valence-electron chi connectivity index (χ4n) is 4.11. The Balaban J connectivity index is 2.65. The van der Waals surface area contributed by atoms with Crippen LogP contribution in [0, 0.1) is 0 Å². The number of hydrogen-bond acceptors (Lipinski definition) is 2. The normalized spacial score (nSPS) is 22.0. The number of carbonyl (C=O) groups is 2. The third-order valence-electron chi connectivity index (χ3n) is 5.80. The largest absolute Gasteiger partial charge is 0.320 e. The molecule has 0 spiro atoms. The first-order valence-electron chi connectivity index (χ1n) is 9.03. The summed E-state index contributed by atoms with van der Waals surface area (Å²) in [5.74, 6) is -0.0374. The molecule has 2 rings (SSSR count). The SMILES string of the molecule is CC[Si](CC)(CC)N1C(=O)N(C(C)C)C(C)(c2ccccc2)C1=O. The van der Waals surface area contributed by atoms with Gasteiger partial charge in [-0.05, 0) is 44.5 Å².